The van der Waals surface area contributed by atoms with Gasteiger partial charge in [-0.15, -0.1) is 13.2 Å². The molecule has 0 unspecified atom stereocenters. The Morgan fingerprint density at radius 2 is 1.00 bits per heavy atom. The van der Waals surface area contributed by atoms with Gasteiger partial charge in [-0.25, -0.2) is 0 Å². The van der Waals surface area contributed by atoms with Crippen molar-refractivity contribution in [3.63, 3.8) is 0 Å². The summed E-state index contributed by atoms with van der Waals surface area (Å²) >= 11 is 0. The average molecular weight is 315 g/mol. The minimum absolute atomic E-state index is 0. The molecule has 2 heteroatoms. The van der Waals surface area contributed by atoms with Gasteiger partial charge >= 0.3 is 0 Å². The quantitative estimate of drug-likeness (QED) is 0.293. The van der Waals surface area contributed by atoms with E-state index in [1.807, 2.05) is 0 Å². The second kappa shape index (κ2) is 28.5. The lowest BCUT2D eigenvalue weighted by Crippen LogP contribution is -1.83. The summed E-state index contributed by atoms with van der Waals surface area (Å²) in [4.78, 5) is 0. The van der Waals surface area contributed by atoms with Gasteiger partial charge in [-0.3, -0.25) is 0 Å². The minimum Gasteiger partial charge on any atom is -0.412 e. The number of hydrogen-bond acceptors (Lipinski definition) is 1. The van der Waals surface area contributed by atoms with E-state index < -0.39 is 0 Å². The first-order chi connectivity index (χ1) is 10.4. The number of allylic oxidation sites excluding steroid dienone is 2. The smallest absolute Gasteiger partial charge is 0.0431 e. The van der Waals surface area contributed by atoms with E-state index >= 15 is 0 Å². The Balaban J connectivity index is -0.00000115. The van der Waals surface area contributed by atoms with Crippen LogP contribution in [0.5, 0.6) is 0 Å². The lowest BCUT2D eigenvalue weighted by molar-refractivity contribution is 0.282. The van der Waals surface area contributed by atoms with Gasteiger partial charge in [0.1, 0.15) is 0 Å². The SMILES string of the molecule is C=C.CCCCCCCC/C=C\CCCCCCCCO.O. The molecule has 0 rings (SSSR count). The predicted octanol–water partition coefficient (Wildman–Crippen LogP) is 5.99. The van der Waals surface area contributed by atoms with Crippen LogP contribution >= 0.6 is 0 Å². The fourth-order valence-corrected chi connectivity index (χ4v) is 2.36. The molecule has 0 radical (unpaired) electrons. The maximum Gasteiger partial charge on any atom is 0.0431 e. The fraction of sp³-hybridized carbons (Fsp3) is 0.800. The summed E-state index contributed by atoms with van der Waals surface area (Å²) in [5.41, 5.74) is 0. The van der Waals surface area contributed by atoms with Crippen LogP contribution in [-0.4, -0.2) is 17.2 Å². The molecule has 0 saturated carbocycles. The van der Waals surface area contributed by atoms with E-state index in [0.717, 1.165) is 6.42 Å². The zero-order valence-electron chi connectivity index (χ0n) is 15.1. The second-order valence-electron chi connectivity index (χ2n) is 5.66. The molecule has 0 fully saturated rings. The Morgan fingerprint density at radius 1 is 0.636 bits per heavy atom. The highest BCUT2D eigenvalue weighted by atomic mass is 16.2. The average Bonchev–Trinajstić information content (AvgIpc) is 2.53. The Morgan fingerprint density at radius 3 is 1.41 bits per heavy atom. The maximum absolute atomic E-state index is 8.66. The van der Waals surface area contributed by atoms with E-state index in [4.69, 9.17) is 5.11 Å². The molecule has 134 valence electrons. The summed E-state index contributed by atoms with van der Waals surface area (Å²) in [6.07, 6.45) is 23.2. The molecule has 0 bridgehead atoms. The van der Waals surface area contributed by atoms with E-state index in [1.54, 1.807) is 0 Å². The van der Waals surface area contributed by atoms with Crippen LogP contribution in [0.25, 0.3) is 0 Å². The molecule has 0 saturated heterocycles. The predicted molar refractivity (Wildman–Crippen MR) is 101 cm³/mol. The van der Waals surface area contributed by atoms with Crippen molar-refractivity contribution in [2.24, 2.45) is 0 Å². The van der Waals surface area contributed by atoms with E-state index in [0.29, 0.717) is 6.61 Å². The fourth-order valence-electron chi connectivity index (χ4n) is 2.36. The van der Waals surface area contributed by atoms with Gasteiger partial charge in [0.15, 0.2) is 0 Å². The number of hydrogen-bond donors (Lipinski definition) is 1. The highest BCUT2D eigenvalue weighted by Crippen LogP contribution is 2.09. The van der Waals surface area contributed by atoms with Crippen molar-refractivity contribution >= 4 is 0 Å². The first kappa shape index (κ1) is 26.3. The molecule has 0 aliphatic rings. The van der Waals surface area contributed by atoms with Crippen LogP contribution in [0.2, 0.25) is 0 Å². The van der Waals surface area contributed by atoms with Gasteiger partial charge in [0.25, 0.3) is 0 Å². The van der Waals surface area contributed by atoms with Crippen LogP contribution < -0.4 is 0 Å². The molecule has 0 aliphatic heterocycles. The molecule has 0 amide bonds. The van der Waals surface area contributed by atoms with Gasteiger partial charge < -0.3 is 10.6 Å². The molecule has 0 aromatic carbocycles. The Labute approximate surface area is 140 Å². The molecule has 0 atom stereocenters. The standard InChI is InChI=1S/C18H36O.C2H4.H2O/c1-2-3-4-5-6-7-8-9-10-11-12-13-14-15-16-17-18-19;1-2;/h9-10,19H,2-8,11-18H2,1H3;1-2H2;1H2/b10-9-;;. The molecule has 0 aromatic heterocycles. The Bertz CT molecular complexity index is 190. The van der Waals surface area contributed by atoms with E-state index in [2.05, 4.69) is 32.2 Å². The van der Waals surface area contributed by atoms with Crippen molar-refractivity contribution < 1.29 is 10.6 Å². The molecule has 22 heavy (non-hydrogen) atoms. The van der Waals surface area contributed by atoms with Crippen molar-refractivity contribution in [3.05, 3.63) is 25.3 Å². The molecule has 2 nitrogen and oxygen atoms in total. The lowest BCUT2D eigenvalue weighted by Gasteiger charge is -1.99. The molecule has 0 spiro atoms. The maximum atomic E-state index is 8.66. The first-order valence-electron chi connectivity index (χ1n) is 9.17. The Kier molecular flexibility index (Phi) is 34.1. The number of unbranched alkanes of at least 4 members (excludes halogenated alkanes) is 12. The zero-order chi connectivity index (χ0) is 16.0. The van der Waals surface area contributed by atoms with Crippen molar-refractivity contribution in [1.82, 2.24) is 0 Å². The van der Waals surface area contributed by atoms with Crippen molar-refractivity contribution in [2.75, 3.05) is 6.61 Å². The zero-order valence-corrected chi connectivity index (χ0v) is 15.1. The summed E-state index contributed by atoms with van der Waals surface area (Å²) in [6.45, 7) is 8.64. The summed E-state index contributed by atoms with van der Waals surface area (Å²) < 4.78 is 0. The molecular formula is C20H42O2. The van der Waals surface area contributed by atoms with Gasteiger partial charge in [-0.05, 0) is 32.1 Å². The van der Waals surface area contributed by atoms with E-state index in [-0.39, 0.29) is 5.48 Å². The molecule has 0 heterocycles. The van der Waals surface area contributed by atoms with Crippen LogP contribution in [0.1, 0.15) is 96.8 Å². The van der Waals surface area contributed by atoms with Gasteiger partial charge in [0.05, 0.1) is 0 Å². The van der Waals surface area contributed by atoms with Crippen LogP contribution in [0.3, 0.4) is 0 Å². The first-order valence-corrected chi connectivity index (χ1v) is 9.17. The number of rotatable bonds is 15. The summed E-state index contributed by atoms with van der Waals surface area (Å²) in [6, 6.07) is 0. The molecule has 0 aliphatic carbocycles. The largest absolute Gasteiger partial charge is 0.412 e. The topological polar surface area (TPSA) is 51.7 Å². The second-order valence-corrected chi connectivity index (χ2v) is 5.66. The van der Waals surface area contributed by atoms with E-state index in [9.17, 15) is 0 Å². The third kappa shape index (κ3) is 27.7. The lowest BCUT2D eigenvalue weighted by atomic mass is 10.1. The van der Waals surface area contributed by atoms with Crippen LogP contribution in [0.4, 0.5) is 0 Å². The highest BCUT2D eigenvalue weighted by Gasteiger charge is 1.90. The van der Waals surface area contributed by atoms with Gasteiger partial charge in [-0.2, -0.15) is 0 Å². The van der Waals surface area contributed by atoms with Gasteiger partial charge in [0, 0.05) is 6.61 Å². The summed E-state index contributed by atoms with van der Waals surface area (Å²) in [5, 5.41) is 8.66. The van der Waals surface area contributed by atoms with Crippen LogP contribution in [-0.2, 0) is 0 Å². The summed E-state index contributed by atoms with van der Waals surface area (Å²) in [5.74, 6) is 0. The van der Waals surface area contributed by atoms with Crippen LogP contribution in [0.15, 0.2) is 25.3 Å². The van der Waals surface area contributed by atoms with E-state index in [1.165, 1.54) is 83.5 Å². The third-order valence-electron chi connectivity index (χ3n) is 3.67. The third-order valence-corrected chi connectivity index (χ3v) is 3.67. The monoisotopic (exact) mass is 314 g/mol. The molecule has 0 aromatic rings. The van der Waals surface area contributed by atoms with Crippen LogP contribution in [0, 0.1) is 0 Å². The molecule has 3 N–H and O–H groups in total. The van der Waals surface area contributed by atoms with Crippen molar-refractivity contribution in [1.29, 1.82) is 0 Å². The summed E-state index contributed by atoms with van der Waals surface area (Å²) in [7, 11) is 0. The normalized spacial score (nSPS) is 10.1. The highest BCUT2D eigenvalue weighted by molar-refractivity contribution is 4.81. The Hall–Kier alpha value is -0.600. The molecular weight excluding hydrogens is 272 g/mol. The van der Waals surface area contributed by atoms with Gasteiger partial charge in [0.2, 0.25) is 0 Å². The number of aliphatic hydroxyl groups is 1. The van der Waals surface area contributed by atoms with Crippen molar-refractivity contribution in [3.8, 4) is 0 Å². The minimum atomic E-state index is 0. The van der Waals surface area contributed by atoms with Gasteiger partial charge in [-0.1, -0.05) is 76.9 Å². The van der Waals surface area contributed by atoms with Crippen molar-refractivity contribution in [2.45, 2.75) is 96.8 Å². The number of aliphatic hydroxyl groups excluding tert-OH is 1.